The van der Waals surface area contributed by atoms with Crippen molar-refractivity contribution in [3.8, 4) is 0 Å². The molecule has 25 heavy (non-hydrogen) atoms. The van der Waals surface area contributed by atoms with Gasteiger partial charge in [0.2, 0.25) is 15.9 Å². The summed E-state index contributed by atoms with van der Waals surface area (Å²) in [5, 5.41) is 0. The van der Waals surface area contributed by atoms with Crippen molar-refractivity contribution < 1.29 is 13.2 Å². The third kappa shape index (κ3) is 4.04. The highest BCUT2D eigenvalue weighted by Gasteiger charge is 2.33. The standard InChI is InChI=1S/C18H27N3O3S/c1-20(2)11-4-10-19-25(23,24)16-7-8-17-15(13-16)9-12-21(17)18(22)14-5-3-6-14/h7-8,13-14,19H,3-6,9-12H2,1-2H3. The van der Waals surface area contributed by atoms with Crippen LogP contribution in [0.2, 0.25) is 0 Å². The maximum atomic E-state index is 12.5. The molecule has 1 N–H and O–H groups in total. The first-order valence-corrected chi connectivity index (χ1v) is 10.5. The van der Waals surface area contributed by atoms with E-state index in [-0.39, 0.29) is 16.7 Å². The summed E-state index contributed by atoms with van der Waals surface area (Å²) in [5.74, 6) is 0.357. The molecule has 0 atom stereocenters. The van der Waals surface area contributed by atoms with Gasteiger partial charge in [-0.2, -0.15) is 0 Å². The molecule has 1 saturated carbocycles. The number of hydrogen-bond acceptors (Lipinski definition) is 4. The fourth-order valence-corrected chi connectivity index (χ4v) is 4.46. The van der Waals surface area contributed by atoms with Crippen molar-refractivity contribution in [2.24, 2.45) is 5.92 Å². The van der Waals surface area contributed by atoms with Crippen molar-refractivity contribution in [2.45, 2.75) is 37.0 Å². The first kappa shape index (κ1) is 18.4. The zero-order valence-electron chi connectivity index (χ0n) is 15.0. The molecule has 0 spiro atoms. The Bertz CT molecular complexity index is 742. The molecule has 1 fully saturated rings. The molecule has 1 heterocycles. The molecule has 7 heteroatoms. The van der Waals surface area contributed by atoms with E-state index >= 15 is 0 Å². The van der Waals surface area contributed by atoms with Crippen LogP contribution in [0.3, 0.4) is 0 Å². The normalized spacial score (nSPS) is 17.6. The molecule has 1 aromatic carbocycles. The molecule has 0 radical (unpaired) electrons. The molecule has 0 unspecified atom stereocenters. The third-order valence-electron chi connectivity index (χ3n) is 5.05. The van der Waals surface area contributed by atoms with Crippen LogP contribution in [-0.2, 0) is 21.2 Å². The highest BCUT2D eigenvalue weighted by molar-refractivity contribution is 7.89. The summed E-state index contributed by atoms with van der Waals surface area (Å²) in [6, 6.07) is 5.12. The molecular formula is C18H27N3O3S. The molecule has 3 rings (SSSR count). The van der Waals surface area contributed by atoms with Gasteiger partial charge in [-0.25, -0.2) is 13.1 Å². The van der Waals surface area contributed by atoms with Gasteiger partial charge in [0, 0.05) is 24.7 Å². The SMILES string of the molecule is CN(C)CCCNS(=O)(=O)c1ccc2c(c1)CCN2C(=O)C1CCC1. The molecule has 0 aromatic heterocycles. The molecule has 1 aromatic rings. The topological polar surface area (TPSA) is 69.7 Å². The molecule has 1 aliphatic carbocycles. The molecule has 2 aliphatic rings. The fraction of sp³-hybridized carbons (Fsp3) is 0.611. The lowest BCUT2D eigenvalue weighted by Crippen LogP contribution is -2.37. The highest BCUT2D eigenvalue weighted by Crippen LogP contribution is 2.35. The van der Waals surface area contributed by atoms with Gasteiger partial charge < -0.3 is 9.80 Å². The number of carbonyl (C=O) groups is 1. The van der Waals surface area contributed by atoms with Crippen LogP contribution in [0.4, 0.5) is 5.69 Å². The van der Waals surface area contributed by atoms with Gasteiger partial charge in [0.25, 0.3) is 0 Å². The Balaban J connectivity index is 1.68. The predicted octanol–water partition coefficient (Wildman–Crippen LogP) is 1.61. The zero-order chi connectivity index (χ0) is 18.0. The van der Waals surface area contributed by atoms with Gasteiger partial charge in [-0.15, -0.1) is 0 Å². The number of amides is 1. The number of nitrogens with one attached hydrogen (secondary N) is 1. The second kappa shape index (κ2) is 7.43. The van der Waals surface area contributed by atoms with Crippen LogP contribution in [0.25, 0.3) is 0 Å². The van der Waals surface area contributed by atoms with Gasteiger partial charge >= 0.3 is 0 Å². The van der Waals surface area contributed by atoms with Crippen molar-refractivity contribution in [3.05, 3.63) is 23.8 Å². The molecule has 6 nitrogen and oxygen atoms in total. The number of benzene rings is 1. The number of fused-ring (bicyclic) bond motifs is 1. The zero-order valence-corrected chi connectivity index (χ0v) is 15.8. The summed E-state index contributed by atoms with van der Waals surface area (Å²) in [5.41, 5.74) is 1.83. The van der Waals surface area contributed by atoms with E-state index in [0.717, 1.165) is 49.9 Å². The van der Waals surface area contributed by atoms with Crippen molar-refractivity contribution in [2.75, 3.05) is 38.6 Å². The monoisotopic (exact) mass is 365 g/mol. The Morgan fingerprint density at radius 2 is 2.08 bits per heavy atom. The summed E-state index contributed by atoms with van der Waals surface area (Å²) in [4.78, 5) is 16.6. The number of sulfonamides is 1. The van der Waals surface area contributed by atoms with E-state index in [9.17, 15) is 13.2 Å². The number of nitrogens with zero attached hydrogens (tertiary/aromatic N) is 2. The van der Waals surface area contributed by atoms with Crippen molar-refractivity contribution in [3.63, 3.8) is 0 Å². The summed E-state index contributed by atoms with van der Waals surface area (Å²) in [7, 11) is 0.429. The van der Waals surface area contributed by atoms with E-state index in [2.05, 4.69) is 4.72 Å². The van der Waals surface area contributed by atoms with Gasteiger partial charge in [-0.1, -0.05) is 6.42 Å². The number of anilines is 1. The van der Waals surface area contributed by atoms with E-state index in [1.807, 2.05) is 23.9 Å². The van der Waals surface area contributed by atoms with Gasteiger partial charge in [-0.05, 0) is 70.1 Å². The number of rotatable bonds is 7. The fourth-order valence-electron chi connectivity index (χ4n) is 3.33. The van der Waals surface area contributed by atoms with E-state index in [4.69, 9.17) is 0 Å². The van der Waals surface area contributed by atoms with Gasteiger partial charge in [-0.3, -0.25) is 4.79 Å². The average Bonchev–Trinajstić information content (AvgIpc) is 2.92. The van der Waals surface area contributed by atoms with Crippen LogP contribution in [-0.4, -0.2) is 53.0 Å². The van der Waals surface area contributed by atoms with Crippen LogP contribution >= 0.6 is 0 Å². The average molecular weight is 365 g/mol. The van der Waals surface area contributed by atoms with Gasteiger partial charge in [0.05, 0.1) is 4.90 Å². The predicted molar refractivity (Wildman–Crippen MR) is 98.2 cm³/mol. The number of hydrogen-bond donors (Lipinski definition) is 1. The van der Waals surface area contributed by atoms with E-state index in [1.54, 1.807) is 18.2 Å². The van der Waals surface area contributed by atoms with Crippen LogP contribution in [0.15, 0.2) is 23.1 Å². The molecule has 0 saturated heterocycles. The van der Waals surface area contributed by atoms with E-state index in [0.29, 0.717) is 13.1 Å². The first-order valence-electron chi connectivity index (χ1n) is 8.97. The summed E-state index contributed by atoms with van der Waals surface area (Å²) in [6.45, 7) is 1.92. The lowest BCUT2D eigenvalue weighted by Gasteiger charge is -2.29. The molecule has 1 aliphatic heterocycles. The maximum absolute atomic E-state index is 12.5. The van der Waals surface area contributed by atoms with Crippen LogP contribution in [0, 0.1) is 5.92 Å². The Hall–Kier alpha value is -1.44. The molecule has 0 bridgehead atoms. The van der Waals surface area contributed by atoms with Crippen LogP contribution < -0.4 is 9.62 Å². The largest absolute Gasteiger partial charge is 0.312 e. The Kier molecular flexibility index (Phi) is 5.46. The summed E-state index contributed by atoms with van der Waals surface area (Å²) >= 11 is 0. The Morgan fingerprint density at radius 1 is 1.32 bits per heavy atom. The summed E-state index contributed by atoms with van der Waals surface area (Å²) in [6.07, 6.45) is 4.58. The van der Waals surface area contributed by atoms with E-state index < -0.39 is 10.0 Å². The Labute approximate surface area is 150 Å². The lowest BCUT2D eigenvalue weighted by atomic mass is 9.84. The highest BCUT2D eigenvalue weighted by atomic mass is 32.2. The minimum atomic E-state index is -3.50. The van der Waals surface area contributed by atoms with Gasteiger partial charge in [0.15, 0.2) is 0 Å². The second-order valence-electron chi connectivity index (χ2n) is 7.21. The third-order valence-corrected chi connectivity index (χ3v) is 6.51. The van der Waals surface area contributed by atoms with Crippen molar-refractivity contribution in [1.29, 1.82) is 0 Å². The maximum Gasteiger partial charge on any atom is 0.240 e. The minimum Gasteiger partial charge on any atom is -0.312 e. The smallest absolute Gasteiger partial charge is 0.240 e. The summed E-state index contributed by atoms with van der Waals surface area (Å²) < 4.78 is 27.6. The molecule has 1 amide bonds. The van der Waals surface area contributed by atoms with Crippen LogP contribution in [0.1, 0.15) is 31.2 Å². The molecule has 138 valence electrons. The first-order chi connectivity index (χ1) is 11.9. The molecular weight excluding hydrogens is 338 g/mol. The lowest BCUT2D eigenvalue weighted by molar-refractivity contribution is -0.124. The Morgan fingerprint density at radius 3 is 2.72 bits per heavy atom. The van der Waals surface area contributed by atoms with E-state index in [1.165, 1.54) is 0 Å². The minimum absolute atomic E-state index is 0.160. The van der Waals surface area contributed by atoms with Crippen LogP contribution in [0.5, 0.6) is 0 Å². The van der Waals surface area contributed by atoms with Gasteiger partial charge in [0.1, 0.15) is 0 Å². The van der Waals surface area contributed by atoms with Crippen molar-refractivity contribution in [1.82, 2.24) is 9.62 Å². The quantitative estimate of drug-likeness (QED) is 0.745. The van der Waals surface area contributed by atoms with Crippen molar-refractivity contribution >= 4 is 21.6 Å². The second-order valence-corrected chi connectivity index (χ2v) is 8.98. The number of carbonyl (C=O) groups excluding carboxylic acids is 1.